The van der Waals surface area contributed by atoms with E-state index in [1.165, 1.54) is 50.6 Å². The summed E-state index contributed by atoms with van der Waals surface area (Å²) in [7, 11) is 0. The van der Waals surface area contributed by atoms with Crippen LogP contribution in [0, 0.1) is 5.92 Å². The standard InChI is InChI=1S/C18H29NO/c1-3-6-15-7-5-8-16(10-9-15)19-17-11-13-18(14-12-17)20-4-2/h11-16,19H,3-10H2,1-2H3. The van der Waals surface area contributed by atoms with Crippen LogP contribution in [0.3, 0.4) is 0 Å². The SMILES string of the molecule is CCCC1CCCC(Nc2ccc(OCC)cc2)CC1. The highest BCUT2D eigenvalue weighted by molar-refractivity contribution is 5.47. The van der Waals surface area contributed by atoms with Crippen LogP contribution in [0.25, 0.3) is 0 Å². The van der Waals surface area contributed by atoms with Gasteiger partial charge in [-0.15, -0.1) is 0 Å². The molecule has 0 spiro atoms. The lowest BCUT2D eigenvalue weighted by atomic mass is 9.95. The van der Waals surface area contributed by atoms with Crippen molar-refractivity contribution in [2.45, 2.75) is 64.8 Å². The molecule has 0 amide bonds. The molecule has 1 aliphatic carbocycles. The number of hydrogen-bond donors (Lipinski definition) is 1. The molecule has 112 valence electrons. The van der Waals surface area contributed by atoms with Gasteiger partial charge in [0.05, 0.1) is 6.61 Å². The number of anilines is 1. The first-order chi connectivity index (χ1) is 9.81. The highest BCUT2D eigenvalue weighted by atomic mass is 16.5. The van der Waals surface area contributed by atoms with Crippen molar-refractivity contribution in [3.05, 3.63) is 24.3 Å². The van der Waals surface area contributed by atoms with Crippen LogP contribution in [-0.2, 0) is 0 Å². The molecule has 1 fully saturated rings. The molecule has 1 aromatic rings. The normalized spacial score (nSPS) is 23.1. The van der Waals surface area contributed by atoms with E-state index < -0.39 is 0 Å². The van der Waals surface area contributed by atoms with E-state index in [9.17, 15) is 0 Å². The fraction of sp³-hybridized carbons (Fsp3) is 0.667. The summed E-state index contributed by atoms with van der Waals surface area (Å²) in [5.74, 6) is 1.93. The zero-order chi connectivity index (χ0) is 14.2. The molecular weight excluding hydrogens is 246 g/mol. The van der Waals surface area contributed by atoms with Crippen LogP contribution in [0.2, 0.25) is 0 Å². The van der Waals surface area contributed by atoms with E-state index in [0.717, 1.165) is 18.3 Å². The lowest BCUT2D eigenvalue weighted by Crippen LogP contribution is -2.18. The second-order valence-electron chi connectivity index (χ2n) is 5.96. The molecule has 1 aromatic carbocycles. The molecule has 20 heavy (non-hydrogen) atoms. The van der Waals surface area contributed by atoms with Gasteiger partial charge in [0.1, 0.15) is 5.75 Å². The first-order valence-electron chi connectivity index (χ1n) is 8.31. The molecule has 1 aliphatic rings. The maximum atomic E-state index is 5.48. The van der Waals surface area contributed by atoms with Crippen LogP contribution in [0.5, 0.6) is 5.75 Å². The van der Waals surface area contributed by atoms with E-state index in [0.29, 0.717) is 6.04 Å². The monoisotopic (exact) mass is 275 g/mol. The first-order valence-corrected chi connectivity index (χ1v) is 8.31. The summed E-state index contributed by atoms with van der Waals surface area (Å²) in [4.78, 5) is 0. The number of hydrogen-bond acceptors (Lipinski definition) is 2. The highest BCUT2D eigenvalue weighted by Crippen LogP contribution is 2.28. The van der Waals surface area contributed by atoms with Crippen LogP contribution in [-0.4, -0.2) is 12.6 Å². The topological polar surface area (TPSA) is 21.3 Å². The summed E-state index contributed by atoms with van der Waals surface area (Å²) in [6, 6.07) is 9.04. The largest absolute Gasteiger partial charge is 0.494 e. The van der Waals surface area contributed by atoms with Gasteiger partial charge in [0.2, 0.25) is 0 Å². The molecule has 2 rings (SSSR count). The minimum absolute atomic E-state index is 0.648. The van der Waals surface area contributed by atoms with E-state index >= 15 is 0 Å². The van der Waals surface area contributed by atoms with Crippen molar-refractivity contribution in [3.63, 3.8) is 0 Å². The average molecular weight is 275 g/mol. The molecule has 1 N–H and O–H groups in total. The van der Waals surface area contributed by atoms with Crippen molar-refractivity contribution in [1.29, 1.82) is 0 Å². The Balaban J connectivity index is 1.83. The van der Waals surface area contributed by atoms with E-state index in [1.54, 1.807) is 0 Å². The van der Waals surface area contributed by atoms with Gasteiger partial charge in [-0.2, -0.15) is 0 Å². The van der Waals surface area contributed by atoms with Crippen molar-refractivity contribution in [2.75, 3.05) is 11.9 Å². The summed E-state index contributed by atoms with van der Waals surface area (Å²) < 4.78 is 5.48. The lowest BCUT2D eigenvalue weighted by molar-refractivity contribution is 0.340. The Morgan fingerprint density at radius 2 is 1.85 bits per heavy atom. The zero-order valence-corrected chi connectivity index (χ0v) is 13.0. The second kappa shape index (κ2) is 8.18. The summed E-state index contributed by atoms with van der Waals surface area (Å²) in [5.41, 5.74) is 1.23. The third-order valence-electron chi connectivity index (χ3n) is 4.32. The maximum absolute atomic E-state index is 5.48. The zero-order valence-electron chi connectivity index (χ0n) is 13.0. The molecule has 0 saturated heterocycles. The smallest absolute Gasteiger partial charge is 0.119 e. The molecule has 2 nitrogen and oxygen atoms in total. The van der Waals surface area contributed by atoms with E-state index in [2.05, 4.69) is 36.5 Å². The van der Waals surface area contributed by atoms with E-state index in [4.69, 9.17) is 4.74 Å². The van der Waals surface area contributed by atoms with Gasteiger partial charge in [-0.25, -0.2) is 0 Å². The van der Waals surface area contributed by atoms with Gasteiger partial charge in [0.15, 0.2) is 0 Å². The molecule has 0 bridgehead atoms. The summed E-state index contributed by atoms with van der Waals surface area (Å²) in [6.07, 6.45) is 9.57. The Morgan fingerprint density at radius 1 is 1.05 bits per heavy atom. The van der Waals surface area contributed by atoms with Crippen LogP contribution in [0.15, 0.2) is 24.3 Å². The third kappa shape index (κ3) is 4.73. The van der Waals surface area contributed by atoms with Crippen molar-refractivity contribution in [1.82, 2.24) is 0 Å². The van der Waals surface area contributed by atoms with E-state index in [1.807, 2.05) is 6.92 Å². The molecule has 2 heteroatoms. The average Bonchev–Trinajstić information content (AvgIpc) is 2.68. The van der Waals surface area contributed by atoms with Crippen molar-refractivity contribution < 1.29 is 4.74 Å². The Hall–Kier alpha value is -1.18. The first kappa shape index (κ1) is 15.2. The maximum Gasteiger partial charge on any atom is 0.119 e. The minimum Gasteiger partial charge on any atom is -0.494 e. The molecular formula is C18H29NO. The number of rotatable bonds is 6. The predicted octanol–water partition coefficient (Wildman–Crippen LogP) is 5.25. The predicted molar refractivity (Wildman–Crippen MR) is 86.5 cm³/mol. The van der Waals surface area contributed by atoms with Crippen LogP contribution >= 0.6 is 0 Å². The molecule has 0 aromatic heterocycles. The molecule has 2 atom stereocenters. The summed E-state index contributed by atoms with van der Waals surface area (Å²) in [5, 5.41) is 3.70. The molecule has 0 aliphatic heterocycles. The Kier molecular flexibility index (Phi) is 6.23. The van der Waals surface area contributed by atoms with Gasteiger partial charge in [0, 0.05) is 11.7 Å². The molecule has 1 saturated carbocycles. The van der Waals surface area contributed by atoms with Gasteiger partial charge >= 0.3 is 0 Å². The van der Waals surface area contributed by atoms with Gasteiger partial charge in [-0.05, 0) is 56.4 Å². The van der Waals surface area contributed by atoms with Gasteiger partial charge in [0.25, 0.3) is 0 Å². The van der Waals surface area contributed by atoms with Crippen LogP contribution in [0.1, 0.15) is 58.8 Å². The molecule has 0 heterocycles. The van der Waals surface area contributed by atoms with Crippen molar-refractivity contribution >= 4 is 5.69 Å². The number of benzene rings is 1. The second-order valence-corrected chi connectivity index (χ2v) is 5.96. The van der Waals surface area contributed by atoms with Gasteiger partial charge in [-0.3, -0.25) is 0 Å². The summed E-state index contributed by atoms with van der Waals surface area (Å²) in [6.45, 7) is 5.05. The van der Waals surface area contributed by atoms with Crippen molar-refractivity contribution in [3.8, 4) is 5.75 Å². The third-order valence-corrected chi connectivity index (χ3v) is 4.32. The number of ether oxygens (including phenoxy) is 1. The molecule has 0 radical (unpaired) electrons. The minimum atomic E-state index is 0.648. The van der Waals surface area contributed by atoms with E-state index in [-0.39, 0.29) is 0 Å². The van der Waals surface area contributed by atoms with Gasteiger partial charge < -0.3 is 10.1 Å². The Morgan fingerprint density at radius 3 is 2.55 bits per heavy atom. The fourth-order valence-electron chi connectivity index (χ4n) is 3.27. The van der Waals surface area contributed by atoms with Crippen LogP contribution in [0.4, 0.5) is 5.69 Å². The highest BCUT2D eigenvalue weighted by Gasteiger charge is 2.18. The lowest BCUT2D eigenvalue weighted by Gasteiger charge is -2.18. The summed E-state index contributed by atoms with van der Waals surface area (Å²) >= 11 is 0. The molecule has 2 unspecified atom stereocenters. The van der Waals surface area contributed by atoms with Gasteiger partial charge in [-0.1, -0.05) is 32.6 Å². The van der Waals surface area contributed by atoms with Crippen LogP contribution < -0.4 is 10.1 Å². The fourth-order valence-corrected chi connectivity index (χ4v) is 3.27. The Bertz CT molecular complexity index is 374. The Labute approximate surface area is 123 Å². The number of nitrogens with one attached hydrogen (secondary N) is 1. The quantitative estimate of drug-likeness (QED) is 0.716. The van der Waals surface area contributed by atoms with Crippen molar-refractivity contribution in [2.24, 2.45) is 5.92 Å².